The van der Waals surface area contributed by atoms with Crippen LogP contribution >= 0.6 is 0 Å². The van der Waals surface area contributed by atoms with Crippen molar-refractivity contribution in [1.82, 2.24) is 10.2 Å². The maximum atomic E-state index is 12.6. The van der Waals surface area contributed by atoms with E-state index in [9.17, 15) is 18.0 Å². The first-order valence-electron chi connectivity index (χ1n) is 6.66. The van der Waals surface area contributed by atoms with Gasteiger partial charge in [0.25, 0.3) is 0 Å². The van der Waals surface area contributed by atoms with Crippen molar-refractivity contribution in [1.29, 1.82) is 0 Å². The highest BCUT2D eigenvalue weighted by atomic mass is 32.2. The third-order valence-electron chi connectivity index (χ3n) is 4.22. The minimum atomic E-state index is -3.06. The molecule has 19 heavy (non-hydrogen) atoms. The molecule has 1 N–H and O–H groups in total. The van der Waals surface area contributed by atoms with Crippen molar-refractivity contribution in [2.24, 2.45) is 0 Å². The Balaban J connectivity index is 2.26. The molecule has 2 saturated heterocycles. The molecule has 2 amide bonds. The van der Waals surface area contributed by atoms with Gasteiger partial charge < -0.3 is 10.2 Å². The number of rotatable bonds is 3. The number of hydrogen-bond donors (Lipinski definition) is 1. The fraction of sp³-hybridized carbons (Fsp3) is 0.833. The quantitative estimate of drug-likeness (QED) is 0.772. The molecule has 2 aliphatic rings. The Bertz CT molecular complexity index is 496. The van der Waals surface area contributed by atoms with Crippen molar-refractivity contribution in [3.8, 4) is 0 Å². The molecule has 0 radical (unpaired) electrons. The zero-order chi connectivity index (χ0) is 14.3. The van der Waals surface area contributed by atoms with Crippen LogP contribution in [0.15, 0.2) is 0 Å². The van der Waals surface area contributed by atoms with Crippen molar-refractivity contribution < 1.29 is 18.0 Å². The summed E-state index contributed by atoms with van der Waals surface area (Å²) in [5.74, 6) is -0.254. The van der Waals surface area contributed by atoms with Crippen LogP contribution in [0.2, 0.25) is 0 Å². The molecular formula is C12H20N2O4S. The lowest BCUT2D eigenvalue weighted by atomic mass is 9.88. The van der Waals surface area contributed by atoms with E-state index < -0.39 is 15.4 Å². The Morgan fingerprint density at radius 1 is 1.32 bits per heavy atom. The third kappa shape index (κ3) is 2.48. The van der Waals surface area contributed by atoms with Gasteiger partial charge in [-0.2, -0.15) is 0 Å². The summed E-state index contributed by atoms with van der Waals surface area (Å²) in [6.45, 7) is 3.69. The molecule has 0 saturated carbocycles. The van der Waals surface area contributed by atoms with Crippen molar-refractivity contribution in [2.45, 2.75) is 44.7 Å². The van der Waals surface area contributed by atoms with Gasteiger partial charge in [0.1, 0.15) is 5.54 Å². The Hall–Kier alpha value is -1.11. The van der Waals surface area contributed by atoms with Gasteiger partial charge in [0, 0.05) is 6.04 Å². The van der Waals surface area contributed by atoms with Crippen LogP contribution in [-0.4, -0.2) is 54.8 Å². The predicted molar refractivity (Wildman–Crippen MR) is 70.2 cm³/mol. The SMILES string of the molecule is CCC1(CC)NC(=O)CN(C2CCS(=O)(=O)C2)C1=O. The minimum Gasteiger partial charge on any atom is -0.340 e. The number of amides is 2. The summed E-state index contributed by atoms with van der Waals surface area (Å²) < 4.78 is 23.1. The second kappa shape index (κ2) is 4.77. The first-order chi connectivity index (χ1) is 8.83. The van der Waals surface area contributed by atoms with Crippen LogP contribution in [0.1, 0.15) is 33.1 Å². The van der Waals surface area contributed by atoms with Crippen molar-refractivity contribution in [2.75, 3.05) is 18.1 Å². The van der Waals surface area contributed by atoms with E-state index in [-0.39, 0.29) is 35.9 Å². The van der Waals surface area contributed by atoms with Gasteiger partial charge in [-0.1, -0.05) is 13.8 Å². The molecule has 0 aromatic carbocycles. The summed E-state index contributed by atoms with van der Waals surface area (Å²) in [5.41, 5.74) is -0.859. The molecule has 0 bridgehead atoms. The molecule has 0 aliphatic carbocycles. The fourth-order valence-corrected chi connectivity index (χ4v) is 4.64. The number of nitrogens with zero attached hydrogens (tertiary/aromatic N) is 1. The highest BCUT2D eigenvalue weighted by molar-refractivity contribution is 7.91. The van der Waals surface area contributed by atoms with E-state index in [1.165, 1.54) is 4.90 Å². The molecule has 1 unspecified atom stereocenters. The Labute approximate surface area is 113 Å². The van der Waals surface area contributed by atoms with E-state index >= 15 is 0 Å². The average molecular weight is 288 g/mol. The lowest BCUT2D eigenvalue weighted by Crippen LogP contribution is -2.68. The largest absolute Gasteiger partial charge is 0.340 e. The van der Waals surface area contributed by atoms with Gasteiger partial charge in [-0.05, 0) is 19.3 Å². The standard InChI is InChI=1S/C12H20N2O4S/c1-3-12(4-2)11(16)14(7-10(15)13-12)9-5-6-19(17,18)8-9/h9H,3-8H2,1-2H3,(H,13,15). The smallest absolute Gasteiger partial charge is 0.249 e. The minimum absolute atomic E-state index is 0.0183. The van der Waals surface area contributed by atoms with E-state index in [0.29, 0.717) is 19.3 Å². The molecular weight excluding hydrogens is 268 g/mol. The average Bonchev–Trinajstić information content (AvgIpc) is 2.72. The number of hydrogen-bond acceptors (Lipinski definition) is 4. The van der Waals surface area contributed by atoms with E-state index in [0.717, 1.165) is 0 Å². The Morgan fingerprint density at radius 3 is 2.42 bits per heavy atom. The molecule has 0 aromatic heterocycles. The van der Waals surface area contributed by atoms with Gasteiger partial charge in [0.2, 0.25) is 11.8 Å². The first kappa shape index (κ1) is 14.3. The molecule has 2 heterocycles. The highest BCUT2D eigenvalue weighted by Crippen LogP contribution is 2.27. The van der Waals surface area contributed by atoms with E-state index in [1.54, 1.807) is 0 Å². The van der Waals surface area contributed by atoms with Gasteiger partial charge >= 0.3 is 0 Å². The van der Waals surface area contributed by atoms with Gasteiger partial charge in [-0.25, -0.2) is 8.42 Å². The number of piperazine rings is 1. The maximum Gasteiger partial charge on any atom is 0.249 e. The van der Waals surface area contributed by atoms with Crippen LogP contribution < -0.4 is 5.32 Å². The summed E-state index contributed by atoms with van der Waals surface area (Å²) in [6.07, 6.45) is 1.47. The predicted octanol–water partition coefficient (Wildman–Crippen LogP) is -0.309. The van der Waals surface area contributed by atoms with Gasteiger partial charge in [0.05, 0.1) is 18.1 Å². The fourth-order valence-electron chi connectivity index (χ4n) is 2.91. The summed E-state index contributed by atoms with van der Waals surface area (Å²) in [7, 11) is -3.06. The Morgan fingerprint density at radius 2 is 1.95 bits per heavy atom. The lowest BCUT2D eigenvalue weighted by Gasteiger charge is -2.43. The zero-order valence-corrected chi connectivity index (χ0v) is 12.1. The highest BCUT2D eigenvalue weighted by Gasteiger charge is 2.47. The second-order valence-electron chi connectivity index (χ2n) is 5.33. The monoisotopic (exact) mass is 288 g/mol. The van der Waals surface area contributed by atoms with Crippen LogP contribution in [0.5, 0.6) is 0 Å². The normalized spacial score (nSPS) is 29.4. The molecule has 7 heteroatoms. The first-order valence-corrected chi connectivity index (χ1v) is 8.48. The zero-order valence-electron chi connectivity index (χ0n) is 11.3. The number of nitrogens with one attached hydrogen (secondary N) is 1. The molecule has 6 nitrogen and oxygen atoms in total. The van der Waals surface area contributed by atoms with Crippen molar-refractivity contribution in [3.05, 3.63) is 0 Å². The lowest BCUT2D eigenvalue weighted by molar-refractivity contribution is -0.152. The topological polar surface area (TPSA) is 83.6 Å². The maximum absolute atomic E-state index is 12.6. The van der Waals surface area contributed by atoms with Gasteiger partial charge in [-0.3, -0.25) is 9.59 Å². The Kier molecular flexibility index (Phi) is 3.59. The summed E-state index contributed by atoms with van der Waals surface area (Å²) in [5, 5.41) is 2.77. The van der Waals surface area contributed by atoms with Crippen molar-refractivity contribution in [3.63, 3.8) is 0 Å². The van der Waals surface area contributed by atoms with Gasteiger partial charge in [0.15, 0.2) is 9.84 Å². The molecule has 108 valence electrons. The number of carbonyl (C=O) groups excluding carboxylic acids is 2. The van der Waals surface area contributed by atoms with Crippen molar-refractivity contribution >= 4 is 21.7 Å². The third-order valence-corrected chi connectivity index (χ3v) is 5.97. The van der Waals surface area contributed by atoms with Crippen LogP contribution in [0.25, 0.3) is 0 Å². The van der Waals surface area contributed by atoms with Crippen LogP contribution in [0.4, 0.5) is 0 Å². The molecule has 0 spiro atoms. The van der Waals surface area contributed by atoms with Crippen LogP contribution in [0.3, 0.4) is 0 Å². The molecule has 2 aliphatic heterocycles. The summed E-state index contributed by atoms with van der Waals surface area (Å²) in [6, 6.07) is -0.346. The van der Waals surface area contributed by atoms with E-state index in [4.69, 9.17) is 0 Å². The molecule has 2 rings (SSSR count). The van der Waals surface area contributed by atoms with Crippen LogP contribution in [-0.2, 0) is 19.4 Å². The number of carbonyl (C=O) groups is 2. The molecule has 0 aromatic rings. The number of sulfone groups is 1. The molecule has 2 fully saturated rings. The summed E-state index contributed by atoms with van der Waals surface area (Å²) in [4.78, 5) is 25.9. The van der Waals surface area contributed by atoms with E-state index in [2.05, 4.69) is 5.32 Å². The summed E-state index contributed by atoms with van der Waals surface area (Å²) >= 11 is 0. The van der Waals surface area contributed by atoms with Gasteiger partial charge in [-0.15, -0.1) is 0 Å². The van der Waals surface area contributed by atoms with E-state index in [1.807, 2.05) is 13.8 Å². The van der Waals surface area contributed by atoms with Crippen LogP contribution in [0, 0.1) is 0 Å². The molecule has 1 atom stereocenters. The second-order valence-corrected chi connectivity index (χ2v) is 7.56.